The summed E-state index contributed by atoms with van der Waals surface area (Å²) in [5.74, 6) is 2.37. The first kappa shape index (κ1) is 20.1. The molecule has 5 heteroatoms. The standard InChI is InChI=1S/C23H29NO4/c1-16-7-5-9-20(17(16)2)28-14-12-23(25)24-13-6-8-19(24)18-10-11-21(26-3)22(15-18)27-4/h5,7,9-11,15,19H,6,8,12-14H2,1-4H3/t19-/m1/s1. The van der Waals surface area contributed by atoms with Gasteiger partial charge in [-0.05, 0) is 61.6 Å². The van der Waals surface area contributed by atoms with Gasteiger partial charge >= 0.3 is 0 Å². The number of amides is 1. The van der Waals surface area contributed by atoms with E-state index in [1.807, 2.05) is 42.2 Å². The van der Waals surface area contributed by atoms with Crippen molar-refractivity contribution >= 4 is 5.91 Å². The quantitative estimate of drug-likeness (QED) is 0.709. The van der Waals surface area contributed by atoms with Crippen molar-refractivity contribution in [3.63, 3.8) is 0 Å². The molecule has 0 spiro atoms. The van der Waals surface area contributed by atoms with E-state index in [4.69, 9.17) is 14.2 Å². The van der Waals surface area contributed by atoms with E-state index in [9.17, 15) is 4.79 Å². The number of hydrogen-bond donors (Lipinski definition) is 0. The van der Waals surface area contributed by atoms with Crippen molar-refractivity contribution in [1.29, 1.82) is 0 Å². The van der Waals surface area contributed by atoms with Gasteiger partial charge in [0.25, 0.3) is 0 Å². The number of carbonyl (C=O) groups is 1. The van der Waals surface area contributed by atoms with Crippen LogP contribution >= 0.6 is 0 Å². The molecule has 0 aliphatic carbocycles. The first-order valence-corrected chi connectivity index (χ1v) is 9.75. The molecule has 0 aromatic heterocycles. The molecule has 150 valence electrons. The van der Waals surface area contributed by atoms with Gasteiger partial charge in [-0.1, -0.05) is 18.2 Å². The summed E-state index contributed by atoms with van der Waals surface area (Å²) in [6.45, 7) is 5.27. The number of nitrogens with zero attached hydrogens (tertiary/aromatic N) is 1. The third kappa shape index (κ3) is 4.24. The van der Waals surface area contributed by atoms with Gasteiger partial charge in [-0.15, -0.1) is 0 Å². The maximum atomic E-state index is 12.8. The number of ether oxygens (including phenoxy) is 3. The number of rotatable bonds is 7. The van der Waals surface area contributed by atoms with Crippen LogP contribution in [0.4, 0.5) is 0 Å². The molecule has 1 aliphatic rings. The van der Waals surface area contributed by atoms with Crippen molar-refractivity contribution in [2.24, 2.45) is 0 Å². The second-order valence-electron chi connectivity index (χ2n) is 7.16. The Hall–Kier alpha value is -2.69. The molecule has 1 fully saturated rings. The molecule has 0 radical (unpaired) electrons. The van der Waals surface area contributed by atoms with Crippen LogP contribution in [0.25, 0.3) is 0 Å². The summed E-state index contributed by atoms with van der Waals surface area (Å²) in [7, 11) is 3.25. The first-order chi connectivity index (χ1) is 13.5. The van der Waals surface area contributed by atoms with E-state index in [2.05, 4.69) is 13.0 Å². The predicted octanol–water partition coefficient (Wildman–Crippen LogP) is 4.45. The summed E-state index contributed by atoms with van der Waals surface area (Å²) >= 11 is 0. The van der Waals surface area contributed by atoms with Gasteiger partial charge < -0.3 is 19.1 Å². The summed E-state index contributed by atoms with van der Waals surface area (Å²) < 4.78 is 16.6. The number of aryl methyl sites for hydroxylation is 1. The average Bonchev–Trinajstić information content (AvgIpc) is 3.20. The minimum Gasteiger partial charge on any atom is -0.493 e. The van der Waals surface area contributed by atoms with E-state index in [1.54, 1.807) is 14.2 Å². The minimum absolute atomic E-state index is 0.0769. The van der Waals surface area contributed by atoms with Gasteiger partial charge in [0, 0.05) is 6.54 Å². The fourth-order valence-electron chi connectivity index (χ4n) is 3.74. The fourth-order valence-corrected chi connectivity index (χ4v) is 3.74. The van der Waals surface area contributed by atoms with Crippen molar-refractivity contribution in [3.8, 4) is 17.2 Å². The normalized spacial score (nSPS) is 16.1. The highest BCUT2D eigenvalue weighted by Gasteiger charge is 2.30. The zero-order valence-electron chi connectivity index (χ0n) is 17.2. The van der Waals surface area contributed by atoms with Crippen molar-refractivity contribution in [1.82, 2.24) is 4.90 Å². The van der Waals surface area contributed by atoms with Crippen LogP contribution in [0.3, 0.4) is 0 Å². The molecule has 1 saturated heterocycles. The maximum absolute atomic E-state index is 12.8. The Bertz CT molecular complexity index is 833. The molecule has 1 amide bonds. The van der Waals surface area contributed by atoms with Crippen LogP contribution < -0.4 is 14.2 Å². The molecule has 0 unspecified atom stereocenters. The number of hydrogen-bond acceptors (Lipinski definition) is 4. The second-order valence-corrected chi connectivity index (χ2v) is 7.16. The average molecular weight is 383 g/mol. The molecule has 1 aliphatic heterocycles. The van der Waals surface area contributed by atoms with Gasteiger partial charge in [-0.2, -0.15) is 0 Å². The van der Waals surface area contributed by atoms with E-state index in [1.165, 1.54) is 5.56 Å². The molecule has 1 atom stereocenters. The second kappa shape index (κ2) is 9.00. The molecular weight excluding hydrogens is 354 g/mol. The summed E-state index contributed by atoms with van der Waals surface area (Å²) in [6.07, 6.45) is 2.33. The number of likely N-dealkylation sites (tertiary alicyclic amines) is 1. The van der Waals surface area contributed by atoms with Crippen LogP contribution in [0.1, 0.15) is 42.0 Å². The largest absolute Gasteiger partial charge is 0.493 e. The maximum Gasteiger partial charge on any atom is 0.226 e. The highest BCUT2D eigenvalue weighted by molar-refractivity contribution is 5.77. The topological polar surface area (TPSA) is 48.0 Å². The summed E-state index contributed by atoms with van der Waals surface area (Å²) in [5.41, 5.74) is 3.40. The van der Waals surface area contributed by atoms with Crippen LogP contribution in [0.5, 0.6) is 17.2 Å². The van der Waals surface area contributed by atoms with Crippen LogP contribution in [0.2, 0.25) is 0 Å². The fraction of sp³-hybridized carbons (Fsp3) is 0.435. The van der Waals surface area contributed by atoms with E-state index in [0.717, 1.165) is 36.3 Å². The lowest BCUT2D eigenvalue weighted by atomic mass is 10.0. The summed E-state index contributed by atoms with van der Waals surface area (Å²) in [4.78, 5) is 14.8. The molecule has 5 nitrogen and oxygen atoms in total. The highest BCUT2D eigenvalue weighted by atomic mass is 16.5. The van der Waals surface area contributed by atoms with Crippen LogP contribution in [-0.4, -0.2) is 38.2 Å². The van der Waals surface area contributed by atoms with E-state index in [0.29, 0.717) is 24.5 Å². The third-order valence-corrected chi connectivity index (χ3v) is 5.49. The van der Waals surface area contributed by atoms with Gasteiger partial charge in [0.05, 0.1) is 33.3 Å². The Morgan fingerprint density at radius 2 is 1.86 bits per heavy atom. The zero-order chi connectivity index (χ0) is 20.1. The predicted molar refractivity (Wildman–Crippen MR) is 109 cm³/mol. The lowest BCUT2D eigenvalue weighted by Crippen LogP contribution is -2.31. The number of methoxy groups -OCH3 is 2. The minimum atomic E-state index is 0.0769. The van der Waals surface area contributed by atoms with E-state index in [-0.39, 0.29) is 11.9 Å². The van der Waals surface area contributed by atoms with Gasteiger partial charge in [0.15, 0.2) is 11.5 Å². The molecule has 0 saturated carbocycles. The summed E-state index contributed by atoms with van der Waals surface area (Å²) in [5, 5.41) is 0. The van der Waals surface area contributed by atoms with Crippen molar-refractivity contribution < 1.29 is 19.0 Å². The van der Waals surface area contributed by atoms with E-state index >= 15 is 0 Å². The Balaban J connectivity index is 1.64. The lowest BCUT2D eigenvalue weighted by Gasteiger charge is -2.26. The van der Waals surface area contributed by atoms with Crippen LogP contribution in [0, 0.1) is 13.8 Å². The molecule has 3 rings (SSSR count). The SMILES string of the molecule is COc1ccc([C@H]2CCCN2C(=O)CCOc2cccc(C)c2C)cc1OC. The van der Waals surface area contributed by atoms with Crippen molar-refractivity contribution in [2.75, 3.05) is 27.4 Å². The van der Waals surface area contributed by atoms with E-state index < -0.39 is 0 Å². The molecular formula is C23H29NO4. The highest BCUT2D eigenvalue weighted by Crippen LogP contribution is 2.37. The number of benzene rings is 2. The zero-order valence-corrected chi connectivity index (χ0v) is 17.2. The van der Waals surface area contributed by atoms with Gasteiger partial charge in [-0.3, -0.25) is 4.79 Å². The number of carbonyl (C=O) groups excluding carboxylic acids is 1. The van der Waals surface area contributed by atoms with Gasteiger partial charge in [0.1, 0.15) is 5.75 Å². The Kier molecular flexibility index (Phi) is 6.45. The lowest BCUT2D eigenvalue weighted by molar-refractivity contribution is -0.132. The Morgan fingerprint density at radius 3 is 2.61 bits per heavy atom. The molecule has 28 heavy (non-hydrogen) atoms. The van der Waals surface area contributed by atoms with Gasteiger partial charge in [-0.25, -0.2) is 0 Å². The first-order valence-electron chi connectivity index (χ1n) is 9.75. The monoisotopic (exact) mass is 383 g/mol. The van der Waals surface area contributed by atoms with Gasteiger partial charge in [0.2, 0.25) is 5.91 Å². The summed E-state index contributed by atoms with van der Waals surface area (Å²) in [6, 6.07) is 12.0. The Labute approximate surface area is 167 Å². The Morgan fingerprint density at radius 1 is 1.07 bits per heavy atom. The van der Waals surface area contributed by atoms with Crippen molar-refractivity contribution in [3.05, 3.63) is 53.1 Å². The third-order valence-electron chi connectivity index (χ3n) is 5.49. The van der Waals surface area contributed by atoms with Crippen LogP contribution in [-0.2, 0) is 4.79 Å². The van der Waals surface area contributed by atoms with Crippen LogP contribution in [0.15, 0.2) is 36.4 Å². The molecule has 2 aromatic rings. The molecule has 0 bridgehead atoms. The van der Waals surface area contributed by atoms with Crippen molar-refractivity contribution in [2.45, 2.75) is 39.2 Å². The smallest absolute Gasteiger partial charge is 0.226 e. The molecule has 0 N–H and O–H groups in total. The molecule has 2 aromatic carbocycles. The molecule has 1 heterocycles.